The standard InChI is InChI=1S/C18H16O3/c1-18(16(21-18)17(19)20-2)13-7-8-15-12(10-13)9-11-5-3-4-6-14(11)15/h3-8,10,16H,9H2,1-2H3. The fraction of sp³-hybridized carbons (Fsp3) is 0.278. The predicted molar refractivity (Wildman–Crippen MR) is 78.9 cm³/mol. The summed E-state index contributed by atoms with van der Waals surface area (Å²) in [6.07, 6.45) is 0.461. The zero-order valence-electron chi connectivity index (χ0n) is 12.1. The van der Waals surface area contributed by atoms with Crippen LogP contribution < -0.4 is 0 Å². The first-order valence-electron chi connectivity index (χ1n) is 7.11. The molecule has 0 aromatic heterocycles. The lowest BCUT2D eigenvalue weighted by molar-refractivity contribution is -0.142. The van der Waals surface area contributed by atoms with Crippen molar-refractivity contribution in [1.29, 1.82) is 0 Å². The van der Waals surface area contributed by atoms with E-state index in [1.165, 1.54) is 29.4 Å². The molecule has 3 heteroatoms. The lowest BCUT2D eigenvalue weighted by atomic mass is 9.93. The van der Waals surface area contributed by atoms with E-state index in [9.17, 15) is 4.79 Å². The van der Waals surface area contributed by atoms with Crippen LogP contribution in [0.3, 0.4) is 0 Å². The van der Waals surface area contributed by atoms with Crippen LogP contribution in [0, 0.1) is 0 Å². The number of carbonyl (C=O) groups is 1. The van der Waals surface area contributed by atoms with E-state index in [4.69, 9.17) is 9.47 Å². The molecule has 0 spiro atoms. The number of hydrogen-bond acceptors (Lipinski definition) is 3. The van der Waals surface area contributed by atoms with E-state index in [1.54, 1.807) is 0 Å². The van der Waals surface area contributed by atoms with Crippen LogP contribution in [-0.2, 0) is 26.3 Å². The van der Waals surface area contributed by atoms with Crippen LogP contribution in [0.4, 0.5) is 0 Å². The summed E-state index contributed by atoms with van der Waals surface area (Å²) in [6, 6.07) is 14.8. The number of methoxy groups -OCH3 is 1. The van der Waals surface area contributed by atoms with Crippen LogP contribution in [0.5, 0.6) is 0 Å². The molecule has 2 atom stereocenters. The van der Waals surface area contributed by atoms with Crippen LogP contribution in [-0.4, -0.2) is 19.2 Å². The van der Waals surface area contributed by atoms with Gasteiger partial charge >= 0.3 is 5.97 Å². The maximum atomic E-state index is 11.6. The van der Waals surface area contributed by atoms with E-state index in [0.29, 0.717) is 0 Å². The topological polar surface area (TPSA) is 38.8 Å². The monoisotopic (exact) mass is 280 g/mol. The Morgan fingerprint density at radius 2 is 1.95 bits per heavy atom. The molecule has 1 aliphatic heterocycles. The van der Waals surface area contributed by atoms with Crippen molar-refractivity contribution in [2.45, 2.75) is 25.0 Å². The molecule has 2 aromatic carbocycles. The fourth-order valence-corrected chi connectivity index (χ4v) is 3.26. The molecule has 2 aromatic rings. The fourth-order valence-electron chi connectivity index (χ4n) is 3.26. The highest BCUT2D eigenvalue weighted by Gasteiger charge is 2.59. The van der Waals surface area contributed by atoms with E-state index < -0.39 is 11.7 Å². The number of esters is 1. The Kier molecular flexibility index (Phi) is 2.51. The van der Waals surface area contributed by atoms with Gasteiger partial charge < -0.3 is 9.47 Å². The number of hydrogen-bond donors (Lipinski definition) is 0. The van der Waals surface area contributed by atoms with E-state index >= 15 is 0 Å². The largest absolute Gasteiger partial charge is 0.467 e. The highest BCUT2D eigenvalue weighted by atomic mass is 16.6. The quantitative estimate of drug-likeness (QED) is 0.535. The second-order valence-electron chi connectivity index (χ2n) is 5.83. The van der Waals surface area contributed by atoms with E-state index in [-0.39, 0.29) is 5.97 Å². The van der Waals surface area contributed by atoms with Gasteiger partial charge in [0, 0.05) is 0 Å². The summed E-state index contributed by atoms with van der Waals surface area (Å²) in [7, 11) is 1.39. The Bertz CT molecular complexity index is 750. The second-order valence-corrected chi connectivity index (χ2v) is 5.83. The molecule has 1 fully saturated rings. The Morgan fingerprint density at radius 3 is 2.76 bits per heavy atom. The molecule has 0 saturated carbocycles. The van der Waals surface area contributed by atoms with Crippen molar-refractivity contribution in [1.82, 2.24) is 0 Å². The molecular weight excluding hydrogens is 264 g/mol. The van der Waals surface area contributed by atoms with Gasteiger partial charge in [0.15, 0.2) is 6.10 Å². The second kappa shape index (κ2) is 4.18. The van der Waals surface area contributed by atoms with Gasteiger partial charge in [0.1, 0.15) is 5.60 Å². The van der Waals surface area contributed by atoms with Gasteiger partial charge in [0.25, 0.3) is 0 Å². The van der Waals surface area contributed by atoms with Gasteiger partial charge in [-0.05, 0) is 41.2 Å². The summed E-state index contributed by atoms with van der Waals surface area (Å²) in [4.78, 5) is 11.6. The molecule has 2 aliphatic rings. The normalized spacial score (nSPS) is 25.1. The molecule has 4 rings (SSSR count). The molecule has 3 nitrogen and oxygen atoms in total. The van der Waals surface area contributed by atoms with Gasteiger partial charge in [-0.2, -0.15) is 0 Å². The molecule has 106 valence electrons. The summed E-state index contributed by atoms with van der Waals surface area (Å²) in [5, 5.41) is 0. The van der Waals surface area contributed by atoms with Gasteiger partial charge in [-0.1, -0.05) is 42.5 Å². The number of benzene rings is 2. The Balaban J connectivity index is 1.70. The number of fused-ring (bicyclic) bond motifs is 3. The van der Waals surface area contributed by atoms with Crippen molar-refractivity contribution >= 4 is 5.97 Å². The first kappa shape index (κ1) is 12.6. The predicted octanol–water partition coefficient (Wildman–Crippen LogP) is 3.04. The van der Waals surface area contributed by atoms with Gasteiger partial charge in [-0.3, -0.25) is 0 Å². The van der Waals surface area contributed by atoms with Crippen molar-refractivity contribution in [2.75, 3.05) is 7.11 Å². The van der Waals surface area contributed by atoms with Crippen molar-refractivity contribution in [2.24, 2.45) is 0 Å². The Morgan fingerprint density at radius 1 is 1.19 bits per heavy atom. The molecule has 0 radical (unpaired) electrons. The van der Waals surface area contributed by atoms with Crippen molar-refractivity contribution in [3.05, 3.63) is 59.2 Å². The lowest BCUT2D eigenvalue weighted by Crippen LogP contribution is -2.17. The minimum absolute atomic E-state index is 0.304. The average Bonchev–Trinajstić information content (AvgIpc) is 3.07. The Labute approximate surface area is 123 Å². The zero-order chi connectivity index (χ0) is 14.6. The minimum atomic E-state index is -0.545. The molecule has 0 bridgehead atoms. The van der Waals surface area contributed by atoms with E-state index in [0.717, 1.165) is 12.0 Å². The third kappa shape index (κ3) is 1.74. The van der Waals surface area contributed by atoms with Crippen molar-refractivity contribution in [3.63, 3.8) is 0 Å². The summed E-state index contributed by atoms with van der Waals surface area (Å²) < 4.78 is 10.4. The third-order valence-electron chi connectivity index (χ3n) is 4.59. The highest BCUT2D eigenvalue weighted by molar-refractivity contribution is 5.81. The molecular formula is C18H16O3. The van der Waals surface area contributed by atoms with Crippen LogP contribution >= 0.6 is 0 Å². The van der Waals surface area contributed by atoms with Gasteiger partial charge in [-0.15, -0.1) is 0 Å². The van der Waals surface area contributed by atoms with Crippen LogP contribution in [0.1, 0.15) is 23.6 Å². The third-order valence-corrected chi connectivity index (χ3v) is 4.59. The average molecular weight is 280 g/mol. The summed E-state index contributed by atoms with van der Waals surface area (Å²) in [5.41, 5.74) is 5.75. The summed E-state index contributed by atoms with van der Waals surface area (Å²) in [6.45, 7) is 1.94. The molecule has 1 heterocycles. The number of rotatable bonds is 2. The molecule has 2 unspecified atom stereocenters. The highest BCUT2D eigenvalue weighted by Crippen LogP contribution is 2.48. The van der Waals surface area contributed by atoms with Crippen LogP contribution in [0.15, 0.2) is 42.5 Å². The first-order valence-corrected chi connectivity index (χ1v) is 7.11. The summed E-state index contributed by atoms with van der Waals surface area (Å²) >= 11 is 0. The van der Waals surface area contributed by atoms with E-state index in [2.05, 4.69) is 42.5 Å². The molecule has 0 N–H and O–H groups in total. The minimum Gasteiger partial charge on any atom is -0.467 e. The number of epoxide rings is 1. The molecule has 0 amide bonds. The molecule has 21 heavy (non-hydrogen) atoms. The maximum absolute atomic E-state index is 11.6. The molecule has 1 aliphatic carbocycles. The molecule has 1 saturated heterocycles. The van der Waals surface area contributed by atoms with Gasteiger partial charge in [-0.25, -0.2) is 4.79 Å². The number of ether oxygens (including phenoxy) is 2. The lowest BCUT2D eigenvalue weighted by Gasteiger charge is -2.09. The van der Waals surface area contributed by atoms with Crippen LogP contribution in [0.2, 0.25) is 0 Å². The van der Waals surface area contributed by atoms with E-state index in [1.807, 2.05) is 6.92 Å². The van der Waals surface area contributed by atoms with Crippen molar-refractivity contribution in [3.8, 4) is 11.1 Å². The van der Waals surface area contributed by atoms with Gasteiger partial charge in [0.05, 0.1) is 7.11 Å². The first-order chi connectivity index (χ1) is 10.1. The SMILES string of the molecule is COC(=O)C1OC1(C)c1ccc2c(c1)Cc1ccccc1-2. The van der Waals surface area contributed by atoms with Crippen molar-refractivity contribution < 1.29 is 14.3 Å². The smallest absolute Gasteiger partial charge is 0.338 e. The number of carbonyl (C=O) groups excluding carboxylic acids is 1. The van der Waals surface area contributed by atoms with Gasteiger partial charge in [0.2, 0.25) is 0 Å². The summed E-state index contributed by atoms with van der Waals surface area (Å²) in [5.74, 6) is -0.304. The Hall–Kier alpha value is -2.13. The van der Waals surface area contributed by atoms with Crippen LogP contribution in [0.25, 0.3) is 11.1 Å². The zero-order valence-corrected chi connectivity index (χ0v) is 12.1. The maximum Gasteiger partial charge on any atom is 0.338 e.